The summed E-state index contributed by atoms with van der Waals surface area (Å²) in [6, 6.07) is 3.82. The van der Waals surface area contributed by atoms with E-state index in [1.807, 2.05) is 6.07 Å². The Morgan fingerprint density at radius 2 is 2.33 bits per heavy atom. The number of amides is 1. The van der Waals surface area contributed by atoms with Crippen molar-refractivity contribution in [3.63, 3.8) is 0 Å². The van der Waals surface area contributed by atoms with Crippen LogP contribution in [0.2, 0.25) is 0 Å². The largest absolute Gasteiger partial charge is 0.403 e. The highest BCUT2D eigenvalue weighted by Crippen LogP contribution is 2.25. The summed E-state index contributed by atoms with van der Waals surface area (Å²) in [6.45, 7) is 0.497. The molecule has 0 N–H and O–H groups in total. The molecule has 0 radical (unpaired) electrons. The molecule has 2 aromatic rings. The number of rotatable bonds is 2. The van der Waals surface area contributed by atoms with E-state index in [9.17, 15) is 4.79 Å². The Balaban J connectivity index is 1.88. The predicted octanol–water partition coefficient (Wildman–Crippen LogP) is 1.17. The van der Waals surface area contributed by atoms with Crippen LogP contribution in [-0.4, -0.2) is 32.9 Å². The second kappa shape index (κ2) is 4.41. The average molecular weight is 262 g/mol. The van der Waals surface area contributed by atoms with Crippen molar-refractivity contribution in [3.8, 4) is 11.5 Å². The number of thiol groups is 1. The molecule has 3 heterocycles. The summed E-state index contributed by atoms with van der Waals surface area (Å²) in [6.07, 6.45) is 3.69. The normalized spacial score (nSPS) is 19.5. The fourth-order valence-electron chi connectivity index (χ4n) is 1.80. The van der Waals surface area contributed by atoms with Crippen molar-refractivity contribution in [2.75, 3.05) is 11.4 Å². The molecule has 0 bridgehead atoms. The van der Waals surface area contributed by atoms with Gasteiger partial charge in [-0.3, -0.25) is 14.7 Å². The third-order valence-corrected chi connectivity index (χ3v) is 3.00. The number of aromatic nitrogens is 3. The number of hydrogen-bond donors (Lipinski definition) is 1. The van der Waals surface area contributed by atoms with Crippen molar-refractivity contribution in [2.45, 2.75) is 11.7 Å². The van der Waals surface area contributed by atoms with Gasteiger partial charge in [-0.2, -0.15) is 12.6 Å². The molecule has 0 aliphatic carbocycles. The number of carbonyl (C=O) groups is 1. The molecule has 92 valence electrons. The molecular formula is C11H10N4O2S. The minimum absolute atomic E-state index is 0.0197. The molecule has 1 saturated heterocycles. The first-order valence-electron chi connectivity index (χ1n) is 5.46. The van der Waals surface area contributed by atoms with Crippen LogP contribution >= 0.6 is 12.6 Å². The summed E-state index contributed by atoms with van der Waals surface area (Å²) in [5.74, 6) is 0.310. The smallest absolute Gasteiger partial charge is 0.325 e. The number of pyridine rings is 1. The Hall–Kier alpha value is -1.89. The van der Waals surface area contributed by atoms with Crippen LogP contribution in [0.25, 0.3) is 11.5 Å². The van der Waals surface area contributed by atoms with Crippen molar-refractivity contribution in [1.82, 2.24) is 15.2 Å². The van der Waals surface area contributed by atoms with Crippen molar-refractivity contribution in [1.29, 1.82) is 0 Å². The van der Waals surface area contributed by atoms with E-state index in [4.69, 9.17) is 4.42 Å². The van der Waals surface area contributed by atoms with Gasteiger partial charge in [-0.15, -0.1) is 5.10 Å². The maximum atomic E-state index is 11.7. The Morgan fingerprint density at radius 3 is 3.00 bits per heavy atom. The first kappa shape index (κ1) is 11.2. The van der Waals surface area contributed by atoms with Crippen LogP contribution in [-0.2, 0) is 4.79 Å². The molecule has 1 unspecified atom stereocenters. The zero-order valence-electron chi connectivity index (χ0n) is 9.35. The molecule has 18 heavy (non-hydrogen) atoms. The minimum atomic E-state index is -0.0450. The Kier molecular flexibility index (Phi) is 2.75. The van der Waals surface area contributed by atoms with Crippen molar-refractivity contribution < 1.29 is 9.21 Å². The fourth-order valence-corrected chi connectivity index (χ4v) is 2.12. The standard InChI is InChI=1S/C11H10N4O2S/c16-9-4-8(18)6-15(9)11-14-13-10(17-11)7-2-1-3-12-5-7/h1-3,5,8,18H,4,6H2. The molecule has 1 aliphatic rings. The molecule has 2 aromatic heterocycles. The molecule has 0 aromatic carbocycles. The second-order valence-electron chi connectivity index (χ2n) is 3.99. The lowest BCUT2D eigenvalue weighted by Gasteiger charge is -2.08. The van der Waals surface area contributed by atoms with E-state index in [-0.39, 0.29) is 17.2 Å². The van der Waals surface area contributed by atoms with Gasteiger partial charge in [0.1, 0.15) is 0 Å². The van der Waals surface area contributed by atoms with E-state index in [1.165, 1.54) is 4.90 Å². The van der Waals surface area contributed by atoms with Crippen LogP contribution in [0.5, 0.6) is 0 Å². The lowest BCUT2D eigenvalue weighted by molar-refractivity contribution is -0.117. The third kappa shape index (κ3) is 1.97. The van der Waals surface area contributed by atoms with Crippen LogP contribution < -0.4 is 4.90 Å². The van der Waals surface area contributed by atoms with E-state index in [1.54, 1.807) is 18.5 Å². The average Bonchev–Trinajstić information content (AvgIpc) is 2.97. The molecule has 1 amide bonds. The quantitative estimate of drug-likeness (QED) is 0.822. The monoisotopic (exact) mass is 262 g/mol. The first-order chi connectivity index (χ1) is 8.74. The van der Waals surface area contributed by atoms with Crippen LogP contribution in [0.4, 0.5) is 6.01 Å². The van der Waals surface area contributed by atoms with Gasteiger partial charge in [0, 0.05) is 30.6 Å². The van der Waals surface area contributed by atoms with E-state index in [0.29, 0.717) is 18.9 Å². The summed E-state index contributed by atoms with van der Waals surface area (Å²) >= 11 is 4.28. The first-order valence-corrected chi connectivity index (χ1v) is 5.98. The highest BCUT2D eigenvalue weighted by molar-refractivity contribution is 7.81. The van der Waals surface area contributed by atoms with Crippen LogP contribution in [0.3, 0.4) is 0 Å². The van der Waals surface area contributed by atoms with Crippen LogP contribution in [0, 0.1) is 0 Å². The lowest BCUT2D eigenvalue weighted by atomic mass is 10.3. The zero-order valence-corrected chi connectivity index (χ0v) is 10.2. The lowest BCUT2D eigenvalue weighted by Crippen LogP contribution is -2.24. The van der Waals surface area contributed by atoms with Gasteiger partial charge < -0.3 is 4.42 Å². The Bertz CT molecular complexity index is 571. The van der Waals surface area contributed by atoms with Gasteiger partial charge >= 0.3 is 6.01 Å². The van der Waals surface area contributed by atoms with E-state index in [2.05, 4.69) is 27.8 Å². The maximum absolute atomic E-state index is 11.7. The molecule has 1 aliphatic heterocycles. The molecular weight excluding hydrogens is 252 g/mol. The fraction of sp³-hybridized carbons (Fsp3) is 0.273. The Morgan fingerprint density at radius 1 is 1.44 bits per heavy atom. The van der Waals surface area contributed by atoms with Crippen molar-refractivity contribution in [2.24, 2.45) is 0 Å². The summed E-state index contributed by atoms with van der Waals surface area (Å²) in [5, 5.41) is 7.82. The predicted molar refractivity (Wildman–Crippen MR) is 67.3 cm³/mol. The molecule has 6 nitrogen and oxygen atoms in total. The second-order valence-corrected chi connectivity index (χ2v) is 4.72. The number of hydrogen-bond acceptors (Lipinski definition) is 6. The van der Waals surface area contributed by atoms with Crippen molar-refractivity contribution >= 4 is 24.6 Å². The van der Waals surface area contributed by atoms with Gasteiger partial charge in [-0.05, 0) is 12.1 Å². The maximum Gasteiger partial charge on any atom is 0.325 e. The summed E-state index contributed by atoms with van der Waals surface area (Å²) < 4.78 is 5.48. The summed E-state index contributed by atoms with van der Waals surface area (Å²) in [4.78, 5) is 17.1. The van der Waals surface area contributed by atoms with E-state index >= 15 is 0 Å². The number of anilines is 1. The van der Waals surface area contributed by atoms with Gasteiger partial charge in [0.05, 0.1) is 5.56 Å². The van der Waals surface area contributed by atoms with Gasteiger partial charge in [0.2, 0.25) is 5.91 Å². The van der Waals surface area contributed by atoms with Gasteiger partial charge in [-0.1, -0.05) is 5.10 Å². The number of nitrogens with zero attached hydrogens (tertiary/aromatic N) is 4. The van der Waals surface area contributed by atoms with Gasteiger partial charge in [-0.25, -0.2) is 0 Å². The SMILES string of the molecule is O=C1CC(S)CN1c1nnc(-c2cccnc2)o1. The highest BCUT2D eigenvalue weighted by Gasteiger charge is 2.31. The van der Waals surface area contributed by atoms with Gasteiger partial charge in [0.15, 0.2) is 0 Å². The molecule has 0 saturated carbocycles. The van der Waals surface area contributed by atoms with E-state index < -0.39 is 0 Å². The number of carbonyl (C=O) groups excluding carboxylic acids is 1. The Labute approximate surface area is 108 Å². The van der Waals surface area contributed by atoms with Gasteiger partial charge in [0.25, 0.3) is 5.89 Å². The molecule has 7 heteroatoms. The topological polar surface area (TPSA) is 72.1 Å². The van der Waals surface area contributed by atoms with Crippen molar-refractivity contribution in [3.05, 3.63) is 24.5 Å². The summed E-state index contributed by atoms with van der Waals surface area (Å²) in [5.41, 5.74) is 0.727. The zero-order chi connectivity index (χ0) is 12.5. The minimum Gasteiger partial charge on any atom is -0.403 e. The molecule has 1 atom stereocenters. The van der Waals surface area contributed by atoms with Crippen LogP contribution in [0.15, 0.2) is 28.9 Å². The third-order valence-electron chi connectivity index (χ3n) is 2.66. The summed E-state index contributed by atoms with van der Waals surface area (Å²) in [7, 11) is 0. The molecule has 1 fully saturated rings. The van der Waals surface area contributed by atoms with Crippen LogP contribution in [0.1, 0.15) is 6.42 Å². The molecule has 0 spiro atoms. The molecule has 3 rings (SSSR count). The highest BCUT2D eigenvalue weighted by atomic mass is 32.1. The van der Waals surface area contributed by atoms with E-state index in [0.717, 1.165) is 5.56 Å².